The standard InChI is InChI=1S/C16H12ClFN4OS/c17-12-3-1-2-4-13(12)19-14(23)9-24-16-20-15(21-22-16)10-5-7-11(18)8-6-10/h1-8H,9H2,(H,19,23)(H,20,21,22). The zero-order valence-corrected chi connectivity index (χ0v) is 13.9. The van der Waals surface area contributed by atoms with Gasteiger partial charge >= 0.3 is 0 Å². The van der Waals surface area contributed by atoms with E-state index in [1.807, 2.05) is 0 Å². The second-order valence-corrected chi connectivity index (χ2v) is 6.14. The quantitative estimate of drug-likeness (QED) is 0.673. The lowest BCUT2D eigenvalue weighted by atomic mass is 10.2. The number of halogens is 2. The van der Waals surface area contributed by atoms with Gasteiger partial charge in [0.15, 0.2) is 5.82 Å². The third-order valence-corrected chi connectivity index (χ3v) is 4.24. The normalized spacial score (nSPS) is 10.6. The molecule has 3 aromatic rings. The van der Waals surface area contributed by atoms with E-state index in [-0.39, 0.29) is 17.5 Å². The molecule has 24 heavy (non-hydrogen) atoms. The van der Waals surface area contributed by atoms with Crippen LogP contribution in [0.15, 0.2) is 53.7 Å². The molecule has 0 atom stereocenters. The average Bonchev–Trinajstić information content (AvgIpc) is 3.05. The van der Waals surface area contributed by atoms with Crippen molar-refractivity contribution in [1.29, 1.82) is 0 Å². The van der Waals surface area contributed by atoms with Gasteiger partial charge in [0.2, 0.25) is 11.1 Å². The SMILES string of the molecule is O=C(CSc1n[nH]c(-c2ccc(F)cc2)n1)Nc1ccccc1Cl. The molecule has 0 unspecified atom stereocenters. The number of H-pyrrole nitrogens is 1. The van der Waals surface area contributed by atoms with Crippen molar-refractivity contribution in [2.45, 2.75) is 5.16 Å². The van der Waals surface area contributed by atoms with Gasteiger partial charge < -0.3 is 5.32 Å². The second-order valence-electron chi connectivity index (χ2n) is 4.79. The van der Waals surface area contributed by atoms with Crippen molar-refractivity contribution in [3.05, 3.63) is 59.4 Å². The maximum Gasteiger partial charge on any atom is 0.234 e. The van der Waals surface area contributed by atoms with Gasteiger partial charge in [-0.2, -0.15) is 0 Å². The Bertz CT molecular complexity index is 853. The fourth-order valence-electron chi connectivity index (χ4n) is 1.93. The van der Waals surface area contributed by atoms with E-state index in [0.717, 1.165) is 5.56 Å². The number of thioether (sulfide) groups is 1. The van der Waals surface area contributed by atoms with Gasteiger partial charge in [-0.15, -0.1) is 5.10 Å². The van der Waals surface area contributed by atoms with Crippen LogP contribution >= 0.6 is 23.4 Å². The number of carbonyl (C=O) groups is 1. The zero-order chi connectivity index (χ0) is 16.9. The van der Waals surface area contributed by atoms with E-state index >= 15 is 0 Å². The van der Waals surface area contributed by atoms with Gasteiger partial charge in [0.25, 0.3) is 0 Å². The minimum absolute atomic E-state index is 0.145. The predicted octanol–water partition coefficient (Wildman–Crippen LogP) is 4.00. The van der Waals surface area contributed by atoms with E-state index in [1.165, 1.54) is 23.9 Å². The molecule has 3 rings (SSSR count). The number of hydrogen-bond donors (Lipinski definition) is 2. The van der Waals surface area contributed by atoms with E-state index in [9.17, 15) is 9.18 Å². The molecule has 8 heteroatoms. The predicted molar refractivity (Wildman–Crippen MR) is 92.6 cm³/mol. The molecule has 0 aliphatic heterocycles. The van der Waals surface area contributed by atoms with Gasteiger partial charge in [-0.05, 0) is 36.4 Å². The molecule has 0 bridgehead atoms. The van der Waals surface area contributed by atoms with Crippen LogP contribution in [0.1, 0.15) is 0 Å². The van der Waals surface area contributed by atoms with Crippen LogP contribution in [0.2, 0.25) is 5.02 Å². The van der Waals surface area contributed by atoms with Crippen LogP contribution in [-0.4, -0.2) is 26.8 Å². The van der Waals surface area contributed by atoms with Crippen molar-refractivity contribution in [3.63, 3.8) is 0 Å². The molecule has 0 fully saturated rings. The Morgan fingerprint density at radius 2 is 1.96 bits per heavy atom. The Labute approximate surface area is 146 Å². The highest BCUT2D eigenvalue weighted by Gasteiger charge is 2.10. The van der Waals surface area contributed by atoms with Crippen LogP contribution in [-0.2, 0) is 4.79 Å². The topological polar surface area (TPSA) is 70.7 Å². The molecule has 0 aliphatic carbocycles. The van der Waals surface area contributed by atoms with Crippen molar-refractivity contribution < 1.29 is 9.18 Å². The van der Waals surface area contributed by atoms with Crippen LogP contribution in [0, 0.1) is 5.82 Å². The van der Waals surface area contributed by atoms with Gasteiger partial charge in [0, 0.05) is 5.56 Å². The van der Waals surface area contributed by atoms with Crippen molar-refractivity contribution in [1.82, 2.24) is 15.2 Å². The lowest BCUT2D eigenvalue weighted by Crippen LogP contribution is -2.14. The number of hydrogen-bond acceptors (Lipinski definition) is 4. The number of nitrogens with zero attached hydrogens (tertiary/aromatic N) is 2. The molecular weight excluding hydrogens is 351 g/mol. The number of aromatic nitrogens is 3. The Balaban J connectivity index is 1.58. The fraction of sp³-hybridized carbons (Fsp3) is 0.0625. The Kier molecular flexibility index (Phi) is 5.12. The molecule has 5 nitrogen and oxygen atoms in total. The number of rotatable bonds is 5. The second kappa shape index (κ2) is 7.46. The Morgan fingerprint density at radius 3 is 2.71 bits per heavy atom. The first-order valence-corrected chi connectivity index (χ1v) is 8.34. The maximum absolute atomic E-state index is 12.9. The first-order chi connectivity index (χ1) is 11.6. The molecule has 0 aliphatic rings. The molecule has 1 aromatic heterocycles. The first-order valence-electron chi connectivity index (χ1n) is 6.97. The molecule has 1 amide bonds. The van der Waals surface area contributed by atoms with Crippen molar-refractivity contribution in [2.75, 3.05) is 11.1 Å². The molecule has 122 valence electrons. The molecule has 0 saturated carbocycles. The number of nitrogens with one attached hydrogen (secondary N) is 2. The van der Waals surface area contributed by atoms with Crippen LogP contribution < -0.4 is 5.32 Å². The van der Waals surface area contributed by atoms with Crippen molar-refractivity contribution in [3.8, 4) is 11.4 Å². The van der Waals surface area contributed by atoms with E-state index in [0.29, 0.717) is 21.7 Å². The third-order valence-electron chi connectivity index (χ3n) is 3.06. The number of carbonyl (C=O) groups excluding carboxylic acids is 1. The van der Waals surface area contributed by atoms with Crippen molar-refractivity contribution in [2.24, 2.45) is 0 Å². The molecular formula is C16H12ClFN4OS. The highest BCUT2D eigenvalue weighted by molar-refractivity contribution is 7.99. The number of anilines is 1. The number of benzene rings is 2. The van der Waals surface area contributed by atoms with Gasteiger partial charge in [0.1, 0.15) is 5.82 Å². The maximum atomic E-state index is 12.9. The molecule has 0 saturated heterocycles. The van der Waals surface area contributed by atoms with Crippen LogP contribution in [0.4, 0.5) is 10.1 Å². The van der Waals surface area contributed by atoms with Gasteiger partial charge in [-0.3, -0.25) is 9.89 Å². The molecule has 2 aromatic carbocycles. The van der Waals surface area contributed by atoms with E-state index in [1.54, 1.807) is 36.4 Å². The summed E-state index contributed by atoms with van der Waals surface area (Å²) in [6, 6.07) is 12.9. The van der Waals surface area contributed by atoms with Crippen LogP contribution in [0.5, 0.6) is 0 Å². The van der Waals surface area contributed by atoms with E-state index in [2.05, 4.69) is 20.5 Å². The summed E-state index contributed by atoms with van der Waals surface area (Å²) in [5, 5.41) is 10.4. The summed E-state index contributed by atoms with van der Waals surface area (Å²) in [5.74, 6) is 0.140. The van der Waals surface area contributed by atoms with Crippen LogP contribution in [0.3, 0.4) is 0 Å². The summed E-state index contributed by atoms with van der Waals surface area (Å²) in [7, 11) is 0. The van der Waals surface area contributed by atoms with Gasteiger partial charge in [-0.25, -0.2) is 9.37 Å². The highest BCUT2D eigenvalue weighted by Crippen LogP contribution is 2.22. The summed E-state index contributed by atoms with van der Waals surface area (Å²) >= 11 is 7.18. The van der Waals surface area contributed by atoms with Gasteiger partial charge in [-0.1, -0.05) is 35.5 Å². The lowest BCUT2D eigenvalue weighted by molar-refractivity contribution is -0.113. The summed E-state index contributed by atoms with van der Waals surface area (Å²) < 4.78 is 12.9. The smallest absolute Gasteiger partial charge is 0.234 e. The number of para-hydroxylation sites is 1. The first kappa shape index (κ1) is 16.5. The zero-order valence-electron chi connectivity index (χ0n) is 12.3. The summed E-state index contributed by atoms with van der Waals surface area (Å²) in [5.41, 5.74) is 1.28. The third kappa shape index (κ3) is 4.12. The molecule has 0 spiro atoms. The van der Waals surface area contributed by atoms with Gasteiger partial charge in [0.05, 0.1) is 16.5 Å². The Morgan fingerprint density at radius 1 is 1.21 bits per heavy atom. The summed E-state index contributed by atoms with van der Waals surface area (Å²) in [6.07, 6.45) is 0. The fourth-order valence-corrected chi connectivity index (χ4v) is 2.71. The highest BCUT2D eigenvalue weighted by atomic mass is 35.5. The number of aromatic amines is 1. The summed E-state index contributed by atoms with van der Waals surface area (Å²) in [6.45, 7) is 0. The lowest BCUT2D eigenvalue weighted by Gasteiger charge is -2.05. The van der Waals surface area contributed by atoms with Crippen LogP contribution in [0.25, 0.3) is 11.4 Å². The Hall–Kier alpha value is -2.38. The molecule has 2 N–H and O–H groups in total. The molecule has 1 heterocycles. The molecule has 0 radical (unpaired) electrons. The summed E-state index contributed by atoms with van der Waals surface area (Å²) in [4.78, 5) is 16.2. The minimum Gasteiger partial charge on any atom is -0.324 e. The number of amides is 1. The van der Waals surface area contributed by atoms with E-state index < -0.39 is 0 Å². The monoisotopic (exact) mass is 362 g/mol. The van der Waals surface area contributed by atoms with E-state index in [4.69, 9.17) is 11.6 Å². The minimum atomic E-state index is -0.316. The largest absolute Gasteiger partial charge is 0.324 e. The average molecular weight is 363 g/mol. The van der Waals surface area contributed by atoms with Crippen molar-refractivity contribution >= 4 is 35.0 Å².